The molecule has 0 saturated carbocycles. The summed E-state index contributed by atoms with van der Waals surface area (Å²) in [4.78, 5) is 24.5. The Morgan fingerprint density at radius 1 is 0.257 bits per heavy atom. The molecule has 0 atom stereocenters. The summed E-state index contributed by atoms with van der Waals surface area (Å²) in [5.41, 5.74) is 26.6. The lowest BCUT2D eigenvalue weighted by Gasteiger charge is -2.18. The van der Waals surface area contributed by atoms with Crippen LogP contribution in [0, 0.1) is 27.7 Å². The van der Waals surface area contributed by atoms with Gasteiger partial charge in [-0.2, -0.15) is 0 Å². The third-order valence-corrected chi connectivity index (χ3v) is 14.1. The molecule has 0 fully saturated rings. The molecule has 0 aliphatic rings. The van der Waals surface area contributed by atoms with Gasteiger partial charge in [0.25, 0.3) is 0 Å². The lowest BCUT2D eigenvalue weighted by Crippen LogP contribution is -1.99. The quantitative estimate of drug-likeness (QED) is 0.109. The standard InChI is InChI=1S/C69H57N5/c1-46-22-34-61(48(3)73-46)67-36-28-50(43-70-67)24-26-52-38-53(27-25-51-29-37-68(71-44-51)62-35-23-47(2)74-49(62)4)40-60(39-52)63-20-11-12-21-64(63)66-45-72-69(59-19-13-18-58(41-59)55-16-9-6-10-17-55)42-65(66)57-32-30-56(31-33-57)54-14-7-5-8-15-54/h5-23,28-45H,24-27H2,1-4H3. The summed E-state index contributed by atoms with van der Waals surface area (Å²) >= 11 is 0. The molecule has 11 rings (SSSR count). The average molecular weight is 956 g/mol. The minimum atomic E-state index is 0.863. The smallest absolute Gasteiger partial charge is 0.0720 e. The van der Waals surface area contributed by atoms with Gasteiger partial charge in [0.1, 0.15) is 0 Å². The van der Waals surface area contributed by atoms with E-state index in [9.17, 15) is 0 Å². The number of hydrogen-bond acceptors (Lipinski definition) is 5. The fourth-order valence-corrected chi connectivity index (χ4v) is 10.2. The molecule has 5 heterocycles. The van der Waals surface area contributed by atoms with Gasteiger partial charge in [0.05, 0.1) is 17.1 Å². The van der Waals surface area contributed by atoms with Gasteiger partial charge in [-0.1, -0.05) is 158 Å². The van der Waals surface area contributed by atoms with E-state index in [1.165, 1.54) is 50.1 Å². The van der Waals surface area contributed by atoms with Crippen molar-refractivity contribution in [3.8, 4) is 89.4 Å². The van der Waals surface area contributed by atoms with Gasteiger partial charge in [-0.3, -0.25) is 24.9 Å². The van der Waals surface area contributed by atoms with Gasteiger partial charge in [0.15, 0.2) is 0 Å². The van der Waals surface area contributed by atoms with Crippen molar-refractivity contribution in [3.05, 3.63) is 270 Å². The number of rotatable bonds is 14. The first-order valence-corrected chi connectivity index (χ1v) is 25.6. The van der Waals surface area contributed by atoms with E-state index in [1.807, 2.05) is 26.2 Å². The summed E-state index contributed by atoms with van der Waals surface area (Å²) in [6.45, 7) is 8.16. The van der Waals surface area contributed by atoms with Crippen LogP contribution in [0.25, 0.3) is 89.4 Å². The molecule has 358 valence electrons. The van der Waals surface area contributed by atoms with Crippen molar-refractivity contribution in [2.75, 3.05) is 0 Å². The molecular weight excluding hydrogens is 899 g/mol. The highest BCUT2D eigenvalue weighted by atomic mass is 14.7. The monoisotopic (exact) mass is 955 g/mol. The highest BCUT2D eigenvalue weighted by molar-refractivity contribution is 5.93. The Morgan fingerprint density at radius 2 is 0.730 bits per heavy atom. The molecule has 5 aromatic heterocycles. The van der Waals surface area contributed by atoms with Crippen LogP contribution in [0.4, 0.5) is 0 Å². The van der Waals surface area contributed by atoms with Crippen LogP contribution in [-0.2, 0) is 25.7 Å². The predicted molar refractivity (Wildman–Crippen MR) is 306 cm³/mol. The van der Waals surface area contributed by atoms with Crippen molar-refractivity contribution in [1.82, 2.24) is 24.9 Å². The van der Waals surface area contributed by atoms with Crippen molar-refractivity contribution in [2.24, 2.45) is 0 Å². The molecule has 0 N–H and O–H groups in total. The lowest BCUT2D eigenvalue weighted by atomic mass is 9.87. The van der Waals surface area contributed by atoms with Crippen LogP contribution in [0.1, 0.15) is 45.0 Å². The minimum absolute atomic E-state index is 0.863. The van der Waals surface area contributed by atoms with E-state index in [0.29, 0.717) is 0 Å². The number of nitrogens with zero attached hydrogens (tertiary/aromatic N) is 5. The van der Waals surface area contributed by atoms with E-state index in [-0.39, 0.29) is 0 Å². The molecule has 0 unspecified atom stereocenters. The SMILES string of the molecule is Cc1ccc(-c2ccc(CCc3cc(CCc4ccc(-c5ccc(C)nc5C)nc4)cc(-c4ccccc4-c4cnc(-c5cccc(-c6ccccc6)c5)cc4-c4ccc(-c5ccccc5)cc4)c3)cn2)c(C)n1. The fraction of sp³-hybridized carbons (Fsp3) is 0.116. The lowest BCUT2D eigenvalue weighted by molar-refractivity contribution is 0.923. The van der Waals surface area contributed by atoms with Gasteiger partial charge in [-0.15, -0.1) is 0 Å². The largest absolute Gasteiger partial charge is 0.258 e. The van der Waals surface area contributed by atoms with E-state index in [2.05, 4.69) is 236 Å². The van der Waals surface area contributed by atoms with Crippen LogP contribution >= 0.6 is 0 Å². The second-order valence-electron chi connectivity index (χ2n) is 19.4. The third-order valence-electron chi connectivity index (χ3n) is 14.1. The summed E-state index contributed by atoms with van der Waals surface area (Å²) in [6, 6.07) is 74.2. The maximum Gasteiger partial charge on any atom is 0.0720 e. The van der Waals surface area contributed by atoms with Crippen molar-refractivity contribution in [3.63, 3.8) is 0 Å². The van der Waals surface area contributed by atoms with Crippen LogP contribution < -0.4 is 0 Å². The predicted octanol–water partition coefficient (Wildman–Crippen LogP) is 16.8. The van der Waals surface area contributed by atoms with Crippen molar-refractivity contribution in [2.45, 2.75) is 53.4 Å². The average Bonchev–Trinajstić information content (AvgIpc) is 3.45. The third kappa shape index (κ3) is 10.6. The fourth-order valence-electron chi connectivity index (χ4n) is 10.2. The molecule has 5 nitrogen and oxygen atoms in total. The molecule has 6 aromatic carbocycles. The molecule has 0 aliphatic carbocycles. The topological polar surface area (TPSA) is 64.5 Å². The first-order valence-electron chi connectivity index (χ1n) is 25.6. The highest BCUT2D eigenvalue weighted by Gasteiger charge is 2.18. The second-order valence-corrected chi connectivity index (χ2v) is 19.4. The summed E-state index contributed by atoms with van der Waals surface area (Å²) < 4.78 is 0. The van der Waals surface area contributed by atoms with Crippen LogP contribution in [0.5, 0.6) is 0 Å². The van der Waals surface area contributed by atoms with E-state index < -0.39 is 0 Å². The van der Waals surface area contributed by atoms with Crippen LogP contribution in [0.2, 0.25) is 0 Å². The molecule has 0 spiro atoms. The van der Waals surface area contributed by atoms with Crippen molar-refractivity contribution < 1.29 is 0 Å². The van der Waals surface area contributed by atoms with Crippen LogP contribution in [0.3, 0.4) is 0 Å². The molecule has 0 aliphatic heterocycles. The Kier molecular flexibility index (Phi) is 13.7. The summed E-state index contributed by atoms with van der Waals surface area (Å²) in [5.74, 6) is 0. The number of hydrogen-bond donors (Lipinski definition) is 0. The first kappa shape index (κ1) is 47.4. The normalized spacial score (nSPS) is 11.2. The van der Waals surface area contributed by atoms with Gasteiger partial charge >= 0.3 is 0 Å². The number of benzene rings is 6. The number of pyridine rings is 5. The summed E-state index contributed by atoms with van der Waals surface area (Å²) in [6.07, 6.45) is 9.61. The van der Waals surface area contributed by atoms with E-state index in [0.717, 1.165) is 110 Å². The van der Waals surface area contributed by atoms with E-state index in [1.54, 1.807) is 0 Å². The molecule has 11 aromatic rings. The number of aryl methyl sites for hydroxylation is 8. The van der Waals surface area contributed by atoms with E-state index in [4.69, 9.17) is 15.0 Å². The Balaban J connectivity index is 0.964. The molecule has 0 saturated heterocycles. The molecule has 0 radical (unpaired) electrons. The first-order chi connectivity index (χ1) is 36.3. The van der Waals surface area contributed by atoms with Gasteiger partial charge in [0, 0.05) is 63.6 Å². The molecular formula is C69H57N5. The van der Waals surface area contributed by atoms with Crippen LogP contribution in [-0.4, -0.2) is 24.9 Å². The summed E-state index contributed by atoms with van der Waals surface area (Å²) in [5, 5.41) is 0. The maximum absolute atomic E-state index is 5.26. The Labute approximate surface area is 435 Å². The molecule has 0 amide bonds. The Bertz CT molecular complexity index is 3620. The van der Waals surface area contributed by atoms with Crippen molar-refractivity contribution >= 4 is 0 Å². The minimum Gasteiger partial charge on any atom is -0.258 e. The van der Waals surface area contributed by atoms with Gasteiger partial charge in [-0.05, 0) is 174 Å². The maximum atomic E-state index is 5.26. The molecule has 74 heavy (non-hydrogen) atoms. The zero-order chi connectivity index (χ0) is 50.4. The Morgan fingerprint density at radius 3 is 1.28 bits per heavy atom. The van der Waals surface area contributed by atoms with Crippen LogP contribution in [0.15, 0.2) is 225 Å². The Hall–Kier alpha value is -8.93. The zero-order valence-electron chi connectivity index (χ0n) is 42.4. The second kappa shape index (κ2) is 21.4. The van der Waals surface area contributed by atoms with Crippen molar-refractivity contribution in [1.29, 1.82) is 0 Å². The van der Waals surface area contributed by atoms with Gasteiger partial charge in [-0.25, -0.2) is 0 Å². The van der Waals surface area contributed by atoms with Gasteiger partial charge in [0.2, 0.25) is 0 Å². The van der Waals surface area contributed by atoms with Gasteiger partial charge < -0.3 is 0 Å². The molecule has 5 heteroatoms. The number of aromatic nitrogens is 5. The molecule has 0 bridgehead atoms. The summed E-state index contributed by atoms with van der Waals surface area (Å²) in [7, 11) is 0. The highest BCUT2D eigenvalue weighted by Crippen LogP contribution is 2.41. The van der Waals surface area contributed by atoms with E-state index >= 15 is 0 Å². The zero-order valence-corrected chi connectivity index (χ0v) is 42.4.